The number of imidazole rings is 1. The molecule has 0 radical (unpaired) electrons. The summed E-state index contributed by atoms with van der Waals surface area (Å²) < 4.78 is 16.1. The SMILES string of the molecule is CCOC(=O)C1=C(C)N=c2s/c(=C/c3ccc4c(c3)n(C)c(=O)n4C)c(=O)n2[C@@H]1c1ccccc1OC. The quantitative estimate of drug-likeness (QED) is 0.377. The van der Waals surface area contributed by atoms with Gasteiger partial charge in [-0.2, -0.15) is 0 Å². The molecule has 2 aromatic carbocycles. The van der Waals surface area contributed by atoms with E-state index in [0.717, 1.165) is 16.6 Å². The molecule has 0 spiro atoms. The summed E-state index contributed by atoms with van der Waals surface area (Å²) in [6, 6.07) is 12.1. The Kier molecular flexibility index (Phi) is 6.20. The second-order valence-corrected chi connectivity index (χ2v) is 9.70. The molecule has 1 aliphatic heterocycles. The van der Waals surface area contributed by atoms with Crippen LogP contribution in [0.3, 0.4) is 0 Å². The lowest BCUT2D eigenvalue weighted by Crippen LogP contribution is -2.40. The van der Waals surface area contributed by atoms with Gasteiger partial charge in [0.15, 0.2) is 4.80 Å². The molecule has 1 aliphatic rings. The number of allylic oxidation sites excluding steroid dienone is 1. The first-order chi connectivity index (χ1) is 17.8. The van der Waals surface area contributed by atoms with E-state index in [9.17, 15) is 14.4 Å². The molecule has 37 heavy (non-hydrogen) atoms. The van der Waals surface area contributed by atoms with Gasteiger partial charge in [-0.05, 0) is 43.7 Å². The van der Waals surface area contributed by atoms with Gasteiger partial charge in [0, 0.05) is 19.7 Å². The van der Waals surface area contributed by atoms with Crippen LogP contribution in [0.4, 0.5) is 0 Å². The molecule has 0 aliphatic carbocycles. The van der Waals surface area contributed by atoms with Crippen molar-refractivity contribution in [3.63, 3.8) is 0 Å². The third-order valence-electron chi connectivity index (χ3n) is 6.54. The van der Waals surface area contributed by atoms with Crippen molar-refractivity contribution in [1.82, 2.24) is 13.7 Å². The second kappa shape index (κ2) is 9.36. The topological polar surface area (TPSA) is 96.8 Å². The minimum absolute atomic E-state index is 0.120. The third kappa shape index (κ3) is 3.93. The number of carbonyl (C=O) groups excluding carboxylic acids is 1. The number of ether oxygens (including phenoxy) is 2. The van der Waals surface area contributed by atoms with Crippen LogP contribution in [0.15, 0.2) is 68.3 Å². The van der Waals surface area contributed by atoms with Crippen molar-refractivity contribution in [2.75, 3.05) is 13.7 Å². The first kappa shape index (κ1) is 24.5. The van der Waals surface area contributed by atoms with Crippen molar-refractivity contribution in [1.29, 1.82) is 0 Å². The van der Waals surface area contributed by atoms with Crippen molar-refractivity contribution in [3.8, 4) is 5.75 Å². The Morgan fingerprint density at radius 1 is 1.11 bits per heavy atom. The number of nitrogens with zero attached hydrogens (tertiary/aromatic N) is 4. The van der Waals surface area contributed by atoms with Gasteiger partial charge in [0.25, 0.3) is 5.56 Å². The van der Waals surface area contributed by atoms with Gasteiger partial charge in [0.05, 0.1) is 40.6 Å². The van der Waals surface area contributed by atoms with Crippen molar-refractivity contribution >= 4 is 34.4 Å². The fourth-order valence-electron chi connectivity index (χ4n) is 4.74. The molecule has 0 N–H and O–H groups in total. The molecule has 4 aromatic rings. The molecule has 9 nitrogen and oxygen atoms in total. The first-order valence-corrected chi connectivity index (χ1v) is 12.6. The van der Waals surface area contributed by atoms with Crippen LogP contribution in [0.25, 0.3) is 17.1 Å². The molecular weight excluding hydrogens is 492 g/mol. The maximum atomic E-state index is 13.8. The number of methoxy groups -OCH3 is 1. The molecule has 0 unspecified atom stereocenters. The van der Waals surface area contributed by atoms with Gasteiger partial charge in [-0.15, -0.1) is 0 Å². The molecule has 3 heterocycles. The number of carbonyl (C=O) groups is 1. The fraction of sp³-hybridized carbons (Fsp3) is 0.259. The number of para-hydroxylation sites is 1. The van der Waals surface area contributed by atoms with E-state index in [1.54, 1.807) is 56.3 Å². The smallest absolute Gasteiger partial charge is 0.338 e. The molecule has 0 saturated heterocycles. The molecule has 0 fully saturated rings. The Hall–Kier alpha value is -4.18. The van der Waals surface area contributed by atoms with Crippen LogP contribution in [0.2, 0.25) is 0 Å². The van der Waals surface area contributed by atoms with Gasteiger partial charge < -0.3 is 9.47 Å². The summed E-state index contributed by atoms with van der Waals surface area (Å²) in [4.78, 5) is 44.3. The molecular formula is C27H26N4O5S. The Balaban J connectivity index is 1.75. The van der Waals surface area contributed by atoms with Crippen molar-refractivity contribution in [2.24, 2.45) is 19.1 Å². The maximum Gasteiger partial charge on any atom is 0.338 e. The zero-order chi connectivity index (χ0) is 26.4. The summed E-state index contributed by atoms with van der Waals surface area (Å²) in [5.74, 6) is 0.0263. The first-order valence-electron chi connectivity index (χ1n) is 11.7. The third-order valence-corrected chi connectivity index (χ3v) is 7.53. The number of thiazole rings is 1. The lowest BCUT2D eigenvalue weighted by atomic mass is 9.95. The van der Waals surface area contributed by atoms with Crippen LogP contribution in [0.5, 0.6) is 5.75 Å². The van der Waals surface area contributed by atoms with Crippen molar-refractivity contribution in [2.45, 2.75) is 19.9 Å². The number of rotatable bonds is 5. The van der Waals surface area contributed by atoms with Gasteiger partial charge >= 0.3 is 11.7 Å². The summed E-state index contributed by atoms with van der Waals surface area (Å²) in [5.41, 5.74) is 3.39. The highest BCUT2D eigenvalue weighted by molar-refractivity contribution is 7.07. The zero-order valence-electron chi connectivity index (χ0n) is 21.1. The van der Waals surface area contributed by atoms with Crippen molar-refractivity contribution < 1.29 is 14.3 Å². The van der Waals surface area contributed by atoms with E-state index in [-0.39, 0.29) is 17.9 Å². The van der Waals surface area contributed by atoms with Crippen LogP contribution in [-0.2, 0) is 23.6 Å². The Labute approximate surface area is 215 Å². The van der Waals surface area contributed by atoms with Gasteiger partial charge in [-0.1, -0.05) is 35.6 Å². The average Bonchev–Trinajstić information content (AvgIpc) is 3.31. The summed E-state index contributed by atoms with van der Waals surface area (Å²) >= 11 is 1.24. The van der Waals surface area contributed by atoms with E-state index >= 15 is 0 Å². The number of benzene rings is 2. The molecule has 0 saturated carbocycles. The predicted octanol–water partition coefficient (Wildman–Crippen LogP) is 2.00. The van der Waals surface area contributed by atoms with E-state index in [4.69, 9.17) is 9.47 Å². The van der Waals surface area contributed by atoms with Crippen molar-refractivity contribution in [3.05, 3.63) is 95.0 Å². The molecule has 2 aromatic heterocycles. The molecule has 0 amide bonds. The molecule has 1 atom stereocenters. The summed E-state index contributed by atoms with van der Waals surface area (Å²) in [5, 5.41) is 0. The summed E-state index contributed by atoms with van der Waals surface area (Å²) in [7, 11) is 5.00. The van der Waals surface area contributed by atoms with Crippen LogP contribution >= 0.6 is 11.3 Å². The Morgan fingerprint density at radius 3 is 2.57 bits per heavy atom. The minimum Gasteiger partial charge on any atom is -0.496 e. The van der Waals surface area contributed by atoms with E-state index in [0.29, 0.717) is 31.9 Å². The highest BCUT2D eigenvalue weighted by Gasteiger charge is 2.34. The lowest BCUT2D eigenvalue weighted by Gasteiger charge is -2.25. The van der Waals surface area contributed by atoms with E-state index < -0.39 is 12.0 Å². The van der Waals surface area contributed by atoms with Gasteiger partial charge in [-0.25, -0.2) is 14.6 Å². The number of hydrogen-bond donors (Lipinski definition) is 0. The van der Waals surface area contributed by atoms with E-state index in [1.807, 2.05) is 36.4 Å². The lowest BCUT2D eigenvalue weighted by molar-refractivity contribution is -0.139. The molecule has 190 valence electrons. The van der Waals surface area contributed by atoms with Crippen LogP contribution < -0.4 is 25.3 Å². The number of aryl methyl sites for hydroxylation is 2. The highest BCUT2D eigenvalue weighted by atomic mass is 32.1. The van der Waals surface area contributed by atoms with E-state index in [2.05, 4.69) is 4.99 Å². The van der Waals surface area contributed by atoms with Gasteiger partial charge in [-0.3, -0.25) is 18.5 Å². The number of hydrogen-bond acceptors (Lipinski definition) is 7. The summed E-state index contributed by atoms with van der Waals surface area (Å²) in [6.45, 7) is 3.68. The minimum atomic E-state index is -0.758. The monoisotopic (exact) mass is 518 g/mol. The Bertz CT molecular complexity index is 1840. The zero-order valence-corrected chi connectivity index (χ0v) is 22.0. The fourth-order valence-corrected chi connectivity index (χ4v) is 5.79. The number of esters is 1. The van der Waals surface area contributed by atoms with Gasteiger partial charge in [0.2, 0.25) is 0 Å². The van der Waals surface area contributed by atoms with Crippen LogP contribution in [0.1, 0.15) is 31.0 Å². The normalized spacial score (nSPS) is 15.6. The molecule has 10 heteroatoms. The number of aromatic nitrogens is 3. The standard InChI is InChI=1S/C27H26N4O5S/c1-6-36-25(33)22-15(2)28-26-31(23(22)17-9-7-8-10-20(17)35-5)24(32)21(37-26)14-16-11-12-18-19(13-16)30(4)27(34)29(18)3/h7-14,23H,6H2,1-5H3/b21-14+/t23-/m1/s1. The summed E-state index contributed by atoms with van der Waals surface area (Å²) in [6.07, 6.45) is 1.78. The Morgan fingerprint density at radius 2 is 1.84 bits per heavy atom. The highest BCUT2D eigenvalue weighted by Crippen LogP contribution is 2.35. The molecule has 5 rings (SSSR count). The molecule has 0 bridgehead atoms. The van der Waals surface area contributed by atoms with Crippen LogP contribution in [-0.4, -0.2) is 33.4 Å². The largest absolute Gasteiger partial charge is 0.496 e. The van der Waals surface area contributed by atoms with Crippen LogP contribution in [0, 0.1) is 0 Å². The van der Waals surface area contributed by atoms with Gasteiger partial charge in [0.1, 0.15) is 11.8 Å². The second-order valence-electron chi connectivity index (χ2n) is 8.69. The maximum absolute atomic E-state index is 13.8. The average molecular weight is 519 g/mol. The number of fused-ring (bicyclic) bond motifs is 2. The van der Waals surface area contributed by atoms with E-state index in [1.165, 1.54) is 15.9 Å². The predicted molar refractivity (Wildman–Crippen MR) is 142 cm³/mol.